The van der Waals surface area contributed by atoms with E-state index in [0.717, 1.165) is 27.8 Å². The molecule has 2 aliphatic heterocycles. The molecule has 0 N–H and O–H groups in total. The minimum atomic E-state index is -0.895. The zero-order chi connectivity index (χ0) is 33.0. The van der Waals surface area contributed by atoms with Gasteiger partial charge in [0.15, 0.2) is 17.7 Å². The summed E-state index contributed by atoms with van der Waals surface area (Å²) in [7, 11) is 6.35. The highest BCUT2D eigenvalue weighted by atomic mass is 16.6. The highest BCUT2D eigenvalue weighted by Gasteiger charge is 2.55. The van der Waals surface area contributed by atoms with Crippen LogP contribution >= 0.6 is 0 Å². The summed E-state index contributed by atoms with van der Waals surface area (Å²) >= 11 is 0. The van der Waals surface area contributed by atoms with E-state index < -0.39 is 30.4 Å². The minimum absolute atomic E-state index is 0.154. The second-order valence-corrected chi connectivity index (χ2v) is 11.8. The number of ether oxygens (including phenoxy) is 6. The molecule has 0 saturated carbocycles. The van der Waals surface area contributed by atoms with E-state index >= 15 is 0 Å². The lowest BCUT2D eigenvalue weighted by molar-refractivity contribution is -0.180. The van der Waals surface area contributed by atoms with Crippen LogP contribution in [0.5, 0.6) is 17.2 Å². The molecule has 2 heterocycles. The third kappa shape index (κ3) is 6.24. The normalized spacial score (nSPS) is 20.7. The SMILES string of the molecule is COc1c(C)c(OC)c(OC)c2c1C[C@@H]1[C@H](OC)N(C(=O)OC(C)C)[C@H](Cc3ccccc3)C(=O)N1[C@@H]2COCc1ccccc1. The largest absolute Gasteiger partial charge is 0.496 e. The molecule has 3 aromatic rings. The number of hydrogen-bond donors (Lipinski definition) is 0. The number of benzene rings is 3. The van der Waals surface area contributed by atoms with Gasteiger partial charge in [-0.2, -0.15) is 0 Å². The second-order valence-electron chi connectivity index (χ2n) is 11.8. The van der Waals surface area contributed by atoms with E-state index in [0.29, 0.717) is 30.3 Å². The highest BCUT2D eigenvalue weighted by molar-refractivity contribution is 5.89. The van der Waals surface area contributed by atoms with Crippen molar-refractivity contribution in [1.29, 1.82) is 0 Å². The van der Waals surface area contributed by atoms with Crippen molar-refractivity contribution in [3.05, 3.63) is 88.5 Å². The molecule has 0 bridgehead atoms. The maximum absolute atomic E-state index is 14.9. The highest BCUT2D eigenvalue weighted by Crippen LogP contribution is 2.52. The van der Waals surface area contributed by atoms with Crippen LogP contribution in [0.1, 0.15) is 47.7 Å². The van der Waals surface area contributed by atoms with E-state index in [-0.39, 0.29) is 25.0 Å². The van der Waals surface area contributed by atoms with Crippen LogP contribution in [0.15, 0.2) is 60.7 Å². The van der Waals surface area contributed by atoms with Gasteiger partial charge in [-0.25, -0.2) is 4.79 Å². The van der Waals surface area contributed by atoms with Crippen molar-refractivity contribution < 1.29 is 38.0 Å². The molecule has 0 unspecified atom stereocenters. The average molecular weight is 633 g/mol. The number of amides is 2. The van der Waals surface area contributed by atoms with Crippen molar-refractivity contribution in [2.45, 2.75) is 70.7 Å². The molecule has 0 aromatic heterocycles. The van der Waals surface area contributed by atoms with E-state index in [9.17, 15) is 9.59 Å². The van der Waals surface area contributed by atoms with Gasteiger partial charge in [-0.15, -0.1) is 0 Å². The van der Waals surface area contributed by atoms with E-state index in [1.807, 2.05) is 72.5 Å². The van der Waals surface area contributed by atoms with Gasteiger partial charge >= 0.3 is 6.09 Å². The Morgan fingerprint density at radius 1 is 0.848 bits per heavy atom. The van der Waals surface area contributed by atoms with Crippen LogP contribution in [0.2, 0.25) is 0 Å². The number of hydrogen-bond acceptors (Lipinski definition) is 8. The quantitative estimate of drug-likeness (QED) is 0.275. The minimum Gasteiger partial charge on any atom is -0.496 e. The number of carbonyl (C=O) groups is 2. The molecule has 2 aliphatic rings. The molecule has 2 amide bonds. The van der Waals surface area contributed by atoms with Gasteiger partial charge in [0.1, 0.15) is 11.8 Å². The van der Waals surface area contributed by atoms with Crippen molar-refractivity contribution in [2.24, 2.45) is 0 Å². The summed E-state index contributed by atoms with van der Waals surface area (Å²) in [6, 6.07) is 17.4. The Kier molecular flexibility index (Phi) is 10.4. The fourth-order valence-corrected chi connectivity index (χ4v) is 6.86. The third-order valence-corrected chi connectivity index (χ3v) is 8.71. The molecule has 46 heavy (non-hydrogen) atoms. The zero-order valence-electron chi connectivity index (χ0n) is 27.6. The molecule has 4 atom stereocenters. The third-order valence-electron chi connectivity index (χ3n) is 8.71. The van der Waals surface area contributed by atoms with E-state index in [1.54, 1.807) is 42.3 Å². The smallest absolute Gasteiger partial charge is 0.412 e. The van der Waals surface area contributed by atoms with Crippen LogP contribution < -0.4 is 14.2 Å². The maximum atomic E-state index is 14.9. The topological polar surface area (TPSA) is 96.0 Å². The van der Waals surface area contributed by atoms with Crippen LogP contribution in [0.25, 0.3) is 0 Å². The molecule has 0 radical (unpaired) electrons. The van der Waals surface area contributed by atoms with Gasteiger partial charge in [0.25, 0.3) is 0 Å². The molecule has 1 fully saturated rings. The molecule has 1 saturated heterocycles. The molecular formula is C36H44N2O8. The number of nitrogens with zero attached hydrogens (tertiary/aromatic N) is 2. The van der Waals surface area contributed by atoms with Crippen molar-refractivity contribution in [3.63, 3.8) is 0 Å². The molecule has 10 heteroatoms. The Labute approximate surface area is 271 Å². The van der Waals surface area contributed by atoms with Gasteiger partial charge in [0.05, 0.1) is 52.7 Å². The Morgan fingerprint density at radius 2 is 1.46 bits per heavy atom. The van der Waals surface area contributed by atoms with Gasteiger partial charge in [0, 0.05) is 36.6 Å². The lowest BCUT2D eigenvalue weighted by Crippen LogP contribution is -2.71. The van der Waals surface area contributed by atoms with Crippen LogP contribution in [0.4, 0.5) is 4.79 Å². The first-order valence-corrected chi connectivity index (χ1v) is 15.6. The summed E-state index contributed by atoms with van der Waals surface area (Å²) in [6.07, 6.45) is -1.20. The molecule has 10 nitrogen and oxygen atoms in total. The zero-order valence-corrected chi connectivity index (χ0v) is 27.6. The number of fused-ring (bicyclic) bond motifs is 2. The predicted molar refractivity (Wildman–Crippen MR) is 172 cm³/mol. The Hall–Kier alpha value is -4.28. The monoisotopic (exact) mass is 632 g/mol. The number of carbonyl (C=O) groups excluding carboxylic acids is 2. The predicted octanol–water partition coefficient (Wildman–Crippen LogP) is 5.48. The lowest BCUT2D eigenvalue weighted by atomic mass is 9.81. The maximum Gasteiger partial charge on any atom is 0.412 e. The summed E-state index contributed by atoms with van der Waals surface area (Å²) in [5.41, 5.74) is 4.28. The van der Waals surface area contributed by atoms with Crippen LogP contribution in [-0.2, 0) is 38.5 Å². The fraction of sp³-hybridized carbons (Fsp3) is 0.444. The van der Waals surface area contributed by atoms with Crippen LogP contribution in [0, 0.1) is 6.92 Å². The number of methoxy groups -OCH3 is 4. The van der Waals surface area contributed by atoms with E-state index in [1.165, 1.54) is 4.90 Å². The summed E-state index contributed by atoms with van der Waals surface area (Å²) in [5, 5.41) is 0. The lowest BCUT2D eigenvalue weighted by Gasteiger charge is -2.54. The second kappa shape index (κ2) is 14.4. The van der Waals surface area contributed by atoms with Gasteiger partial charge < -0.3 is 33.3 Å². The van der Waals surface area contributed by atoms with Crippen molar-refractivity contribution >= 4 is 12.0 Å². The van der Waals surface area contributed by atoms with Gasteiger partial charge in [0.2, 0.25) is 5.91 Å². The number of rotatable bonds is 11. The Balaban J connectivity index is 1.68. The summed E-state index contributed by atoms with van der Waals surface area (Å²) in [6.45, 7) is 5.98. The first-order chi connectivity index (χ1) is 22.2. The van der Waals surface area contributed by atoms with Crippen LogP contribution in [-0.4, -0.2) is 81.3 Å². The van der Waals surface area contributed by atoms with E-state index in [4.69, 9.17) is 28.4 Å². The van der Waals surface area contributed by atoms with Crippen molar-refractivity contribution in [2.75, 3.05) is 35.0 Å². The average Bonchev–Trinajstić information content (AvgIpc) is 3.05. The summed E-state index contributed by atoms with van der Waals surface area (Å²) in [5.74, 6) is 1.44. The van der Waals surface area contributed by atoms with Gasteiger partial charge in [-0.1, -0.05) is 60.7 Å². The molecule has 5 rings (SSSR count). The van der Waals surface area contributed by atoms with Gasteiger partial charge in [-0.3, -0.25) is 9.69 Å². The molecule has 3 aromatic carbocycles. The van der Waals surface area contributed by atoms with Crippen LogP contribution in [0.3, 0.4) is 0 Å². The molecule has 246 valence electrons. The van der Waals surface area contributed by atoms with Crippen molar-refractivity contribution in [1.82, 2.24) is 9.80 Å². The number of piperazine rings is 1. The molecule has 0 spiro atoms. The first-order valence-electron chi connectivity index (χ1n) is 15.6. The van der Waals surface area contributed by atoms with Gasteiger partial charge in [-0.05, 0) is 31.9 Å². The molecule has 0 aliphatic carbocycles. The Morgan fingerprint density at radius 3 is 2.02 bits per heavy atom. The standard InChI is InChI=1S/C36H44N2O8/c1-22(2)46-36(40)38-27(18-24-14-10-8-11-15-24)34(39)37-28(35(38)44-7)19-26-30(29(37)21-45-20-25-16-12-9-13-17-25)33(43-6)32(42-5)23(3)31(26)41-4/h8-17,22,27-29,35H,18-21H2,1-7H3/t27-,28-,29-,35+/m1/s1. The fourth-order valence-electron chi connectivity index (χ4n) is 6.86. The van der Waals surface area contributed by atoms with E-state index in [2.05, 4.69) is 0 Å². The first kappa shape index (κ1) is 33.1. The summed E-state index contributed by atoms with van der Waals surface area (Å²) < 4.78 is 36.0. The molecular weight excluding hydrogens is 588 g/mol. The van der Waals surface area contributed by atoms with Crippen molar-refractivity contribution in [3.8, 4) is 17.2 Å². The Bertz CT molecular complexity index is 1510. The summed E-state index contributed by atoms with van der Waals surface area (Å²) in [4.78, 5) is 32.0.